The number of benzene rings is 1. The lowest BCUT2D eigenvalue weighted by Gasteiger charge is -2.23. The molecule has 0 amide bonds. The minimum Gasteiger partial charge on any atom is -0.433 e. The van der Waals surface area contributed by atoms with Crippen LogP contribution in [0.2, 0.25) is 0 Å². The molecule has 1 aromatic carbocycles. The summed E-state index contributed by atoms with van der Waals surface area (Å²) in [6, 6.07) is 7.13. The van der Waals surface area contributed by atoms with E-state index >= 15 is 0 Å². The molecule has 1 atom stereocenters. The molecule has 1 fully saturated rings. The molecular formula is C19H32F2IN5O. The van der Waals surface area contributed by atoms with Crippen LogP contribution < -0.4 is 20.3 Å². The third-order valence-electron chi connectivity index (χ3n) is 4.79. The van der Waals surface area contributed by atoms with Crippen molar-refractivity contribution < 1.29 is 13.5 Å². The molecule has 0 aromatic heterocycles. The number of nitrogens with one attached hydrogen (secondary N) is 2. The van der Waals surface area contributed by atoms with E-state index in [1.54, 1.807) is 19.2 Å². The Hall–Kier alpha value is -1.36. The molecule has 2 N–H and O–H groups in total. The Bertz CT molecular complexity index is 601. The maximum Gasteiger partial charge on any atom is 0.387 e. The maximum absolute atomic E-state index is 12.6. The first kappa shape index (κ1) is 24.7. The van der Waals surface area contributed by atoms with Gasteiger partial charge in [-0.25, -0.2) is 0 Å². The minimum atomic E-state index is -2.82. The topological polar surface area (TPSA) is 52.1 Å². The Morgan fingerprint density at radius 2 is 2.04 bits per heavy atom. The van der Waals surface area contributed by atoms with Crippen LogP contribution in [0.15, 0.2) is 29.3 Å². The molecule has 2 rings (SSSR count). The molecule has 0 bridgehead atoms. The van der Waals surface area contributed by atoms with Crippen LogP contribution in [0.25, 0.3) is 0 Å². The van der Waals surface area contributed by atoms with E-state index in [9.17, 15) is 8.78 Å². The van der Waals surface area contributed by atoms with Crippen molar-refractivity contribution in [2.75, 3.05) is 51.2 Å². The van der Waals surface area contributed by atoms with E-state index in [2.05, 4.69) is 44.0 Å². The molecule has 1 saturated heterocycles. The highest BCUT2D eigenvalue weighted by atomic mass is 127. The number of ether oxygens (including phenoxy) is 1. The number of halogens is 3. The van der Waals surface area contributed by atoms with Gasteiger partial charge in [0.1, 0.15) is 5.75 Å². The van der Waals surface area contributed by atoms with Crippen molar-refractivity contribution in [3.8, 4) is 5.75 Å². The van der Waals surface area contributed by atoms with Gasteiger partial charge in [-0.2, -0.15) is 8.78 Å². The van der Waals surface area contributed by atoms with Gasteiger partial charge >= 0.3 is 6.61 Å². The largest absolute Gasteiger partial charge is 0.433 e. The smallest absolute Gasteiger partial charge is 0.387 e. The summed E-state index contributed by atoms with van der Waals surface area (Å²) in [6.45, 7) is 6.81. The number of para-hydroxylation sites is 2. The fourth-order valence-electron chi connectivity index (χ4n) is 3.27. The molecule has 0 saturated carbocycles. The van der Waals surface area contributed by atoms with Crippen LogP contribution in [-0.2, 0) is 0 Å². The number of hydrogen-bond donors (Lipinski definition) is 2. The Kier molecular flexibility index (Phi) is 11.4. The highest BCUT2D eigenvalue weighted by Gasteiger charge is 2.26. The van der Waals surface area contributed by atoms with Crippen LogP contribution in [-0.4, -0.2) is 69.8 Å². The van der Waals surface area contributed by atoms with Gasteiger partial charge in [0.2, 0.25) is 0 Å². The van der Waals surface area contributed by atoms with Gasteiger partial charge in [0, 0.05) is 39.3 Å². The summed E-state index contributed by atoms with van der Waals surface area (Å²) in [7, 11) is 1.76. The average Bonchev–Trinajstić information content (AvgIpc) is 3.12. The molecule has 9 heteroatoms. The van der Waals surface area contributed by atoms with E-state index in [0.717, 1.165) is 45.1 Å². The lowest BCUT2D eigenvalue weighted by molar-refractivity contribution is -0.0495. The predicted molar refractivity (Wildman–Crippen MR) is 121 cm³/mol. The summed E-state index contributed by atoms with van der Waals surface area (Å²) in [5, 5.41) is 6.77. The van der Waals surface area contributed by atoms with Gasteiger partial charge in [-0.1, -0.05) is 26.0 Å². The van der Waals surface area contributed by atoms with Crippen molar-refractivity contribution in [3.05, 3.63) is 24.3 Å². The predicted octanol–water partition coefficient (Wildman–Crippen LogP) is 2.99. The van der Waals surface area contributed by atoms with Gasteiger partial charge in [0.25, 0.3) is 0 Å². The van der Waals surface area contributed by atoms with Crippen LogP contribution in [0.3, 0.4) is 0 Å². The fraction of sp³-hybridized carbons (Fsp3) is 0.632. The van der Waals surface area contributed by atoms with Crippen LogP contribution >= 0.6 is 24.0 Å². The van der Waals surface area contributed by atoms with Gasteiger partial charge in [-0.3, -0.25) is 4.99 Å². The monoisotopic (exact) mass is 511 g/mol. The second kappa shape index (κ2) is 13.0. The van der Waals surface area contributed by atoms with Crippen molar-refractivity contribution in [2.24, 2.45) is 4.99 Å². The Morgan fingerprint density at radius 1 is 1.32 bits per heavy atom. The number of aliphatic imine (C=N–C) groups is 1. The first-order chi connectivity index (χ1) is 13.1. The van der Waals surface area contributed by atoms with Gasteiger partial charge < -0.3 is 25.2 Å². The molecule has 0 aliphatic carbocycles. The lowest BCUT2D eigenvalue weighted by Crippen LogP contribution is -2.46. The van der Waals surface area contributed by atoms with E-state index in [-0.39, 0.29) is 35.8 Å². The quantitative estimate of drug-likeness (QED) is 0.304. The van der Waals surface area contributed by atoms with E-state index in [1.807, 2.05) is 12.1 Å². The zero-order valence-electron chi connectivity index (χ0n) is 16.8. The van der Waals surface area contributed by atoms with Crippen molar-refractivity contribution in [3.63, 3.8) is 0 Å². The summed E-state index contributed by atoms with van der Waals surface area (Å²) >= 11 is 0. The summed E-state index contributed by atoms with van der Waals surface area (Å²) < 4.78 is 29.9. The van der Waals surface area contributed by atoms with Gasteiger partial charge in [0.15, 0.2) is 5.96 Å². The number of guanidine groups is 1. The number of nitrogens with zero attached hydrogens (tertiary/aromatic N) is 3. The summed E-state index contributed by atoms with van der Waals surface area (Å²) in [5.74, 6) is 0.987. The Morgan fingerprint density at radius 3 is 2.68 bits per heavy atom. The van der Waals surface area contributed by atoms with Crippen molar-refractivity contribution >= 4 is 35.6 Å². The lowest BCUT2D eigenvalue weighted by atomic mass is 10.2. The molecule has 1 unspecified atom stereocenters. The highest BCUT2D eigenvalue weighted by molar-refractivity contribution is 14.0. The molecule has 160 valence electrons. The highest BCUT2D eigenvalue weighted by Crippen LogP contribution is 2.31. The maximum atomic E-state index is 12.6. The molecular weight excluding hydrogens is 479 g/mol. The molecule has 1 heterocycles. The average molecular weight is 511 g/mol. The van der Waals surface area contributed by atoms with Crippen LogP contribution in [0.1, 0.15) is 20.3 Å². The van der Waals surface area contributed by atoms with E-state index < -0.39 is 6.61 Å². The number of rotatable bonds is 9. The normalized spacial score (nSPS) is 17.0. The van der Waals surface area contributed by atoms with E-state index in [0.29, 0.717) is 12.2 Å². The Labute approximate surface area is 183 Å². The zero-order valence-corrected chi connectivity index (χ0v) is 19.2. The SMILES string of the molecule is CCN(CC)CCNC(=NC)NC1CCN(c2ccccc2OC(F)F)C1.I. The molecule has 1 aliphatic heterocycles. The standard InChI is InChI=1S/C19H31F2N5O.HI/c1-4-25(5-2)13-11-23-19(22-3)24-15-10-12-26(14-15)16-8-6-7-9-17(16)27-18(20)21;/h6-9,15,18H,4-5,10-14H2,1-3H3,(H2,22,23,24);1H. The van der Waals surface area contributed by atoms with Crippen molar-refractivity contribution in [1.82, 2.24) is 15.5 Å². The Balaban J connectivity index is 0.00000392. The molecule has 0 radical (unpaired) electrons. The molecule has 1 aromatic rings. The van der Waals surface area contributed by atoms with Crippen LogP contribution in [0.4, 0.5) is 14.5 Å². The molecule has 6 nitrogen and oxygen atoms in total. The summed E-state index contributed by atoms with van der Waals surface area (Å²) in [6.07, 6.45) is 0.903. The number of anilines is 1. The first-order valence-electron chi connectivity index (χ1n) is 9.55. The minimum absolute atomic E-state index is 0. The molecule has 0 spiro atoms. The summed E-state index contributed by atoms with van der Waals surface area (Å²) in [5.41, 5.74) is 0.701. The van der Waals surface area contributed by atoms with Gasteiger partial charge in [-0.15, -0.1) is 24.0 Å². The third kappa shape index (κ3) is 7.57. The van der Waals surface area contributed by atoms with Crippen LogP contribution in [0.5, 0.6) is 5.75 Å². The second-order valence-corrected chi connectivity index (χ2v) is 6.45. The zero-order chi connectivity index (χ0) is 19.6. The van der Waals surface area contributed by atoms with E-state index in [4.69, 9.17) is 0 Å². The van der Waals surface area contributed by atoms with E-state index in [1.165, 1.54) is 0 Å². The first-order valence-corrected chi connectivity index (χ1v) is 9.55. The van der Waals surface area contributed by atoms with Crippen molar-refractivity contribution in [1.29, 1.82) is 0 Å². The number of alkyl halides is 2. The third-order valence-corrected chi connectivity index (χ3v) is 4.79. The number of likely N-dealkylation sites (N-methyl/N-ethyl adjacent to an activating group) is 1. The van der Waals surface area contributed by atoms with Crippen LogP contribution in [0, 0.1) is 0 Å². The van der Waals surface area contributed by atoms with Crippen molar-refractivity contribution in [2.45, 2.75) is 32.9 Å². The summed E-state index contributed by atoms with van der Waals surface area (Å²) in [4.78, 5) is 8.70. The molecule has 28 heavy (non-hydrogen) atoms. The number of hydrogen-bond acceptors (Lipinski definition) is 4. The van der Waals surface area contributed by atoms with Gasteiger partial charge in [0.05, 0.1) is 5.69 Å². The molecule has 1 aliphatic rings. The second-order valence-electron chi connectivity index (χ2n) is 6.45. The fourth-order valence-corrected chi connectivity index (χ4v) is 3.27. The van der Waals surface area contributed by atoms with Gasteiger partial charge in [-0.05, 0) is 31.6 Å².